The number of pyridine rings is 2. The van der Waals surface area contributed by atoms with Crippen LogP contribution >= 0.6 is 0 Å². The van der Waals surface area contributed by atoms with E-state index in [0.29, 0.717) is 0 Å². The lowest BCUT2D eigenvalue weighted by atomic mass is 10.0. The smallest absolute Gasteiger partial charge is 0.157 e. The summed E-state index contributed by atoms with van der Waals surface area (Å²) >= 11 is 0. The molecule has 0 atom stereocenters. The van der Waals surface area contributed by atoms with Crippen molar-refractivity contribution in [3.8, 4) is 22.6 Å². The molecule has 0 fully saturated rings. The van der Waals surface area contributed by atoms with E-state index in [0.717, 1.165) is 33.7 Å². The Labute approximate surface area is 114 Å². The molecule has 5 heteroatoms. The predicted molar refractivity (Wildman–Crippen MR) is 74.8 cm³/mol. The van der Waals surface area contributed by atoms with Crippen molar-refractivity contribution < 1.29 is 4.42 Å². The summed E-state index contributed by atoms with van der Waals surface area (Å²) in [5.74, 6) is 0.730. The van der Waals surface area contributed by atoms with E-state index in [9.17, 15) is 0 Å². The van der Waals surface area contributed by atoms with Crippen LogP contribution in [0.1, 0.15) is 0 Å². The summed E-state index contributed by atoms with van der Waals surface area (Å²) in [5.41, 5.74) is 4.37. The molecule has 4 rings (SSSR count). The lowest BCUT2D eigenvalue weighted by Gasteiger charge is -2.06. The van der Waals surface area contributed by atoms with Gasteiger partial charge in [-0.25, -0.2) is 9.97 Å². The number of H-pyrrole nitrogens is 1. The minimum atomic E-state index is 0.730. The van der Waals surface area contributed by atoms with Gasteiger partial charge in [0.05, 0.1) is 12.6 Å². The van der Waals surface area contributed by atoms with Gasteiger partial charge in [-0.15, -0.1) is 0 Å². The minimum absolute atomic E-state index is 0.730. The van der Waals surface area contributed by atoms with Crippen LogP contribution in [-0.4, -0.2) is 19.9 Å². The zero-order valence-corrected chi connectivity index (χ0v) is 10.4. The highest BCUT2D eigenvalue weighted by Gasteiger charge is 2.14. The first-order valence-electron chi connectivity index (χ1n) is 6.20. The third-order valence-electron chi connectivity index (χ3n) is 3.15. The second-order valence-electron chi connectivity index (χ2n) is 4.37. The maximum Gasteiger partial charge on any atom is 0.157 e. The summed E-state index contributed by atoms with van der Waals surface area (Å²) < 4.78 is 5.49. The number of aromatic amines is 1. The molecule has 4 aromatic heterocycles. The van der Waals surface area contributed by atoms with Crippen LogP contribution in [0.5, 0.6) is 0 Å². The van der Waals surface area contributed by atoms with Crippen LogP contribution in [0.2, 0.25) is 0 Å². The maximum atomic E-state index is 5.49. The summed E-state index contributed by atoms with van der Waals surface area (Å²) in [6.45, 7) is 0. The standard InChI is InChI=1S/C15H10N4O/c1-2-13(20-7-1)14-11(10-3-5-16-6-4-10)8-12-15(19-14)18-9-17-12/h1-9H,(H,17,18,19). The van der Waals surface area contributed by atoms with Crippen LogP contribution in [0.25, 0.3) is 33.7 Å². The van der Waals surface area contributed by atoms with Gasteiger partial charge >= 0.3 is 0 Å². The average molecular weight is 262 g/mol. The largest absolute Gasteiger partial charge is 0.463 e. The second-order valence-corrected chi connectivity index (χ2v) is 4.37. The van der Waals surface area contributed by atoms with Gasteiger partial charge in [0, 0.05) is 18.0 Å². The Kier molecular flexibility index (Phi) is 2.35. The Morgan fingerprint density at radius 2 is 2.00 bits per heavy atom. The number of hydrogen-bond acceptors (Lipinski definition) is 4. The Balaban J connectivity index is 2.04. The quantitative estimate of drug-likeness (QED) is 0.602. The topological polar surface area (TPSA) is 67.6 Å². The molecule has 0 aliphatic rings. The molecule has 0 unspecified atom stereocenters. The molecule has 0 radical (unpaired) electrons. The number of nitrogens with zero attached hydrogens (tertiary/aromatic N) is 3. The van der Waals surface area contributed by atoms with E-state index in [1.54, 1.807) is 25.0 Å². The highest BCUT2D eigenvalue weighted by Crippen LogP contribution is 2.32. The fraction of sp³-hybridized carbons (Fsp3) is 0. The molecule has 0 amide bonds. The number of nitrogens with one attached hydrogen (secondary N) is 1. The molecular weight excluding hydrogens is 252 g/mol. The summed E-state index contributed by atoms with van der Waals surface area (Å²) in [5, 5.41) is 0. The van der Waals surface area contributed by atoms with Crippen LogP contribution in [0.15, 0.2) is 59.7 Å². The number of imidazole rings is 1. The Morgan fingerprint density at radius 3 is 2.80 bits per heavy atom. The molecular formula is C15H10N4O. The second kappa shape index (κ2) is 4.31. The van der Waals surface area contributed by atoms with Crippen LogP contribution in [0.4, 0.5) is 0 Å². The number of hydrogen-bond donors (Lipinski definition) is 1. The van der Waals surface area contributed by atoms with E-state index in [1.165, 1.54) is 0 Å². The zero-order valence-electron chi connectivity index (χ0n) is 10.4. The fourth-order valence-electron chi connectivity index (χ4n) is 2.22. The highest BCUT2D eigenvalue weighted by atomic mass is 16.3. The first kappa shape index (κ1) is 10.9. The number of fused-ring (bicyclic) bond motifs is 1. The van der Waals surface area contributed by atoms with E-state index in [4.69, 9.17) is 4.42 Å². The van der Waals surface area contributed by atoms with Gasteiger partial charge < -0.3 is 9.40 Å². The van der Waals surface area contributed by atoms with Crippen LogP contribution < -0.4 is 0 Å². The lowest BCUT2D eigenvalue weighted by Crippen LogP contribution is -1.90. The minimum Gasteiger partial charge on any atom is -0.463 e. The summed E-state index contributed by atoms with van der Waals surface area (Å²) in [6.07, 6.45) is 6.80. The first-order valence-corrected chi connectivity index (χ1v) is 6.20. The van der Waals surface area contributed by atoms with Gasteiger partial charge in [-0.3, -0.25) is 4.98 Å². The highest BCUT2D eigenvalue weighted by molar-refractivity contribution is 5.87. The van der Waals surface area contributed by atoms with E-state index < -0.39 is 0 Å². The van der Waals surface area contributed by atoms with Gasteiger partial charge in [-0.05, 0) is 35.9 Å². The number of rotatable bonds is 2. The van der Waals surface area contributed by atoms with Gasteiger partial charge in [0.25, 0.3) is 0 Å². The molecule has 1 N–H and O–H groups in total. The third-order valence-corrected chi connectivity index (χ3v) is 3.15. The Bertz CT molecular complexity index is 850. The Hall–Kier alpha value is -2.95. The van der Waals surface area contributed by atoms with Crippen molar-refractivity contribution in [3.05, 3.63) is 55.3 Å². The van der Waals surface area contributed by atoms with Crippen LogP contribution in [0.3, 0.4) is 0 Å². The van der Waals surface area contributed by atoms with Crippen LogP contribution in [-0.2, 0) is 0 Å². The first-order chi connectivity index (χ1) is 9.92. The monoisotopic (exact) mass is 262 g/mol. The lowest BCUT2D eigenvalue weighted by molar-refractivity contribution is 0.580. The normalized spacial score (nSPS) is 11.0. The molecule has 0 bridgehead atoms. The third kappa shape index (κ3) is 1.68. The average Bonchev–Trinajstić information content (AvgIpc) is 3.17. The molecule has 0 spiro atoms. The maximum absolute atomic E-state index is 5.49. The molecule has 0 aliphatic heterocycles. The van der Waals surface area contributed by atoms with Crippen molar-refractivity contribution in [3.63, 3.8) is 0 Å². The fourth-order valence-corrected chi connectivity index (χ4v) is 2.22. The predicted octanol–water partition coefficient (Wildman–Crippen LogP) is 3.28. The molecule has 96 valence electrons. The van der Waals surface area contributed by atoms with Gasteiger partial charge in [0.15, 0.2) is 11.4 Å². The van der Waals surface area contributed by atoms with E-state index in [1.807, 2.05) is 30.3 Å². The van der Waals surface area contributed by atoms with Gasteiger partial charge in [0.2, 0.25) is 0 Å². The molecule has 0 saturated heterocycles. The van der Waals surface area contributed by atoms with Crippen molar-refractivity contribution in [2.75, 3.05) is 0 Å². The molecule has 4 aromatic rings. The number of aromatic nitrogens is 4. The molecule has 4 heterocycles. The Morgan fingerprint density at radius 1 is 1.10 bits per heavy atom. The van der Waals surface area contributed by atoms with E-state index in [2.05, 4.69) is 19.9 Å². The van der Waals surface area contributed by atoms with Crippen molar-refractivity contribution in [2.24, 2.45) is 0 Å². The summed E-state index contributed by atoms with van der Waals surface area (Å²) in [7, 11) is 0. The van der Waals surface area contributed by atoms with Gasteiger partial charge in [-0.2, -0.15) is 0 Å². The molecule has 0 saturated carbocycles. The zero-order chi connectivity index (χ0) is 13.4. The van der Waals surface area contributed by atoms with E-state index in [-0.39, 0.29) is 0 Å². The van der Waals surface area contributed by atoms with Crippen molar-refractivity contribution in [1.29, 1.82) is 0 Å². The molecule has 20 heavy (non-hydrogen) atoms. The summed E-state index contributed by atoms with van der Waals surface area (Å²) in [6, 6.07) is 9.65. The van der Waals surface area contributed by atoms with Crippen molar-refractivity contribution in [2.45, 2.75) is 0 Å². The molecule has 5 nitrogen and oxygen atoms in total. The number of furan rings is 1. The SMILES string of the molecule is c1coc(-c2nc3[nH]cnc3cc2-c2ccncc2)c1. The van der Waals surface area contributed by atoms with Gasteiger partial charge in [-0.1, -0.05) is 0 Å². The van der Waals surface area contributed by atoms with Crippen molar-refractivity contribution >= 4 is 11.2 Å². The van der Waals surface area contributed by atoms with Crippen LogP contribution in [0, 0.1) is 0 Å². The van der Waals surface area contributed by atoms with E-state index >= 15 is 0 Å². The summed E-state index contributed by atoms with van der Waals surface area (Å²) in [4.78, 5) is 16.0. The molecule has 0 aromatic carbocycles. The van der Waals surface area contributed by atoms with Gasteiger partial charge in [0.1, 0.15) is 11.2 Å². The van der Waals surface area contributed by atoms with Crippen molar-refractivity contribution in [1.82, 2.24) is 19.9 Å². The molecule has 0 aliphatic carbocycles.